The second-order valence-corrected chi connectivity index (χ2v) is 1.97. The molecule has 0 atom stereocenters. The van der Waals surface area contributed by atoms with Crippen LogP contribution >= 0.6 is 0 Å². The molecule has 9 heteroatoms. The van der Waals surface area contributed by atoms with E-state index in [4.69, 9.17) is 39.6 Å². The van der Waals surface area contributed by atoms with Crippen LogP contribution in [0.15, 0.2) is 0 Å². The number of carbonyl (C=O) groups excluding carboxylic acids is 4. The molecule has 0 bridgehead atoms. The minimum absolute atomic E-state index is 0. The summed E-state index contributed by atoms with van der Waals surface area (Å²) in [5, 5.41) is 35.6. The number of carbonyl (C=O) groups is 4. The Morgan fingerprint density at radius 3 is 0.529 bits per heavy atom. The molecule has 0 radical (unpaired) electrons. The number of carboxylic acid groups (broad SMARTS) is 4. The number of hydrogen-bond acceptors (Lipinski definition) is 8. The maximum atomic E-state index is 8.89. The molecule has 0 aliphatic rings. The van der Waals surface area contributed by atoms with Crippen LogP contribution in [-0.4, -0.2) is 34.8 Å². The SMILES string of the molecule is CC(=O)[O-].CC(=O)[O-].CC(=O)[O-].CC(=O)[O-].[Si+4]. The van der Waals surface area contributed by atoms with Crippen LogP contribution in [0.1, 0.15) is 27.7 Å². The van der Waals surface area contributed by atoms with E-state index in [2.05, 4.69) is 0 Å². The van der Waals surface area contributed by atoms with E-state index in [-0.39, 0.29) is 11.0 Å². The van der Waals surface area contributed by atoms with Gasteiger partial charge in [0, 0.05) is 23.9 Å². The Bertz CT molecular complexity index is 162. The normalized spacial score (nSPS) is 5.88. The van der Waals surface area contributed by atoms with E-state index in [0.717, 1.165) is 27.7 Å². The van der Waals surface area contributed by atoms with Crippen molar-refractivity contribution in [3.63, 3.8) is 0 Å². The van der Waals surface area contributed by atoms with Crippen molar-refractivity contribution in [3.05, 3.63) is 0 Å². The van der Waals surface area contributed by atoms with Gasteiger partial charge < -0.3 is 39.6 Å². The van der Waals surface area contributed by atoms with E-state index in [1.54, 1.807) is 0 Å². The van der Waals surface area contributed by atoms with E-state index in [9.17, 15) is 0 Å². The first kappa shape index (κ1) is 29.4. The van der Waals surface area contributed by atoms with Crippen molar-refractivity contribution in [2.24, 2.45) is 0 Å². The third-order valence-electron chi connectivity index (χ3n) is 0. The third kappa shape index (κ3) is 570. The molecular weight excluding hydrogens is 252 g/mol. The summed E-state index contributed by atoms with van der Waals surface area (Å²) >= 11 is 0. The molecule has 0 spiro atoms. The van der Waals surface area contributed by atoms with Gasteiger partial charge in [-0.1, -0.05) is 0 Å². The Kier molecular flexibility index (Phi) is 41.1. The zero-order chi connectivity index (χ0) is 14.3. The summed E-state index contributed by atoms with van der Waals surface area (Å²) in [5.74, 6) is -4.33. The predicted molar refractivity (Wildman–Crippen MR) is 48.5 cm³/mol. The van der Waals surface area contributed by atoms with Crippen molar-refractivity contribution in [3.8, 4) is 0 Å². The first-order chi connectivity index (χ1) is 6.93. The Balaban J connectivity index is -0.0000000369. The maximum absolute atomic E-state index is 8.89. The molecular formula is C8H12O8Si. The first-order valence-corrected chi connectivity index (χ1v) is 3.63. The summed E-state index contributed by atoms with van der Waals surface area (Å²) in [6, 6.07) is 0. The van der Waals surface area contributed by atoms with Crippen LogP contribution in [0.4, 0.5) is 0 Å². The second-order valence-electron chi connectivity index (χ2n) is 1.97. The smallest absolute Gasteiger partial charge is 0.550 e. The predicted octanol–water partition coefficient (Wildman–Crippen LogP) is -5.36. The van der Waals surface area contributed by atoms with Crippen molar-refractivity contribution in [1.29, 1.82) is 0 Å². The van der Waals surface area contributed by atoms with Gasteiger partial charge in [0.15, 0.2) is 0 Å². The fourth-order valence-corrected chi connectivity index (χ4v) is 0. The Morgan fingerprint density at radius 2 is 0.529 bits per heavy atom. The van der Waals surface area contributed by atoms with Gasteiger partial charge >= 0.3 is 11.0 Å². The fourth-order valence-electron chi connectivity index (χ4n) is 0. The van der Waals surface area contributed by atoms with Crippen LogP contribution in [0.2, 0.25) is 0 Å². The molecule has 0 heterocycles. The van der Waals surface area contributed by atoms with Crippen molar-refractivity contribution in [2.45, 2.75) is 27.7 Å². The van der Waals surface area contributed by atoms with Gasteiger partial charge in [0.1, 0.15) is 0 Å². The van der Waals surface area contributed by atoms with E-state index in [0.29, 0.717) is 0 Å². The largest absolute Gasteiger partial charge is 4.00 e. The van der Waals surface area contributed by atoms with Gasteiger partial charge in [0.2, 0.25) is 0 Å². The summed E-state index contributed by atoms with van der Waals surface area (Å²) in [6.07, 6.45) is 0. The molecule has 0 N–H and O–H groups in total. The van der Waals surface area contributed by atoms with E-state index in [1.165, 1.54) is 0 Å². The standard InChI is InChI=1S/4C2H4O2.Si/c4*1-2(3)4;/h4*1H3,(H,3,4);/q;;;;+4/p-4. The van der Waals surface area contributed by atoms with Gasteiger partial charge in [-0.2, -0.15) is 0 Å². The van der Waals surface area contributed by atoms with Gasteiger partial charge in [-0.15, -0.1) is 0 Å². The Hall–Kier alpha value is -1.90. The summed E-state index contributed by atoms with van der Waals surface area (Å²) in [4.78, 5) is 35.6. The molecule has 0 aromatic heterocycles. The van der Waals surface area contributed by atoms with Crippen LogP contribution < -0.4 is 20.4 Å². The van der Waals surface area contributed by atoms with Crippen LogP contribution in [0.3, 0.4) is 0 Å². The van der Waals surface area contributed by atoms with Gasteiger partial charge in [-0.25, -0.2) is 0 Å². The average Bonchev–Trinajstić information content (AvgIpc) is 1.76. The summed E-state index contributed by atoms with van der Waals surface area (Å²) in [5.41, 5.74) is 0. The molecule has 0 fully saturated rings. The van der Waals surface area contributed by atoms with Gasteiger partial charge in [0.25, 0.3) is 0 Å². The molecule has 0 aromatic carbocycles. The van der Waals surface area contributed by atoms with Crippen LogP contribution in [0, 0.1) is 0 Å². The Labute approximate surface area is 103 Å². The average molecular weight is 264 g/mol. The zero-order valence-electron chi connectivity index (χ0n) is 9.77. The number of carboxylic acids is 4. The quantitative estimate of drug-likeness (QED) is 0.392. The molecule has 0 aromatic rings. The summed E-state index contributed by atoms with van der Waals surface area (Å²) in [7, 11) is 0. The monoisotopic (exact) mass is 264 g/mol. The number of rotatable bonds is 0. The minimum atomic E-state index is -1.08. The van der Waals surface area contributed by atoms with Crippen molar-refractivity contribution >= 4 is 34.8 Å². The maximum Gasteiger partial charge on any atom is 4.00 e. The van der Waals surface area contributed by atoms with Crippen molar-refractivity contribution in [2.75, 3.05) is 0 Å². The molecule has 0 rings (SSSR count). The molecule has 96 valence electrons. The zero-order valence-corrected chi connectivity index (χ0v) is 10.8. The molecule has 0 saturated carbocycles. The summed E-state index contributed by atoms with van der Waals surface area (Å²) in [6.45, 7) is 3.89. The van der Waals surface area contributed by atoms with Crippen LogP contribution in [0.5, 0.6) is 0 Å². The molecule has 17 heavy (non-hydrogen) atoms. The van der Waals surface area contributed by atoms with Crippen LogP contribution in [0.25, 0.3) is 0 Å². The van der Waals surface area contributed by atoms with Crippen LogP contribution in [-0.2, 0) is 19.2 Å². The van der Waals surface area contributed by atoms with Crippen molar-refractivity contribution < 1.29 is 39.6 Å². The van der Waals surface area contributed by atoms with Gasteiger partial charge in [0.05, 0.1) is 0 Å². The minimum Gasteiger partial charge on any atom is -0.550 e. The van der Waals surface area contributed by atoms with E-state index in [1.807, 2.05) is 0 Å². The molecule has 0 aliphatic carbocycles. The number of aliphatic carboxylic acids is 4. The topological polar surface area (TPSA) is 161 Å². The third-order valence-corrected chi connectivity index (χ3v) is 0. The van der Waals surface area contributed by atoms with E-state index >= 15 is 0 Å². The first-order valence-electron chi connectivity index (χ1n) is 3.63. The molecule has 0 saturated heterocycles. The van der Waals surface area contributed by atoms with Gasteiger partial charge in [-0.05, 0) is 27.7 Å². The van der Waals surface area contributed by atoms with Gasteiger partial charge in [-0.3, -0.25) is 0 Å². The molecule has 0 aliphatic heterocycles. The van der Waals surface area contributed by atoms with E-state index < -0.39 is 23.9 Å². The summed E-state index contributed by atoms with van der Waals surface area (Å²) < 4.78 is 0. The molecule has 0 amide bonds. The second kappa shape index (κ2) is 23.7. The molecule has 8 nitrogen and oxygen atoms in total. The fraction of sp³-hybridized carbons (Fsp3) is 0.500. The van der Waals surface area contributed by atoms with Crippen molar-refractivity contribution in [1.82, 2.24) is 0 Å². The molecule has 0 unspecified atom stereocenters. The number of hydrogen-bond donors (Lipinski definition) is 0. The Morgan fingerprint density at radius 1 is 0.529 bits per heavy atom.